The van der Waals surface area contributed by atoms with E-state index in [1.165, 1.54) is 228 Å². The molecule has 392 valence electrons. The molecule has 0 unspecified atom stereocenters. The first-order valence-electron chi connectivity index (χ1n) is 27.4. The molecule has 0 aromatic heterocycles. The molecule has 0 saturated carbocycles. The number of hydrogen-bond acceptors (Lipinski definition) is 8. The Labute approximate surface area is 445 Å². The fourth-order valence-electron chi connectivity index (χ4n) is 8.13. The minimum absolute atomic E-state index is 0. The van der Waals surface area contributed by atoms with Crippen LogP contribution < -0.4 is 0 Å². The molecule has 0 saturated heterocycles. The summed E-state index contributed by atoms with van der Waals surface area (Å²) in [5.74, 6) is -1.12. The summed E-state index contributed by atoms with van der Waals surface area (Å²) in [5, 5.41) is 0. The molecule has 0 atom stereocenters. The van der Waals surface area contributed by atoms with Crippen molar-refractivity contribution in [3.8, 4) is 0 Å². The second kappa shape index (κ2) is 53.3. The fourth-order valence-corrected chi connectivity index (χ4v) is 9.09. The van der Waals surface area contributed by atoms with Crippen LogP contribution in [-0.4, -0.2) is 124 Å². The number of hydrogen-bond donors (Lipinski definition) is 0. The number of carbonyl (C=O) groups is 2. The maximum absolute atomic E-state index is 11.9. The Bertz CT molecular complexity index is 1260. The van der Waals surface area contributed by atoms with Crippen LogP contribution in [0.4, 0.5) is 0 Å². The van der Waals surface area contributed by atoms with E-state index < -0.39 is 31.7 Å². The van der Waals surface area contributed by atoms with Crippen molar-refractivity contribution in [2.45, 2.75) is 271 Å². The van der Waals surface area contributed by atoms with Gasteiger partial charge in [0.1, 0.15) is 0 Å². The van der Waals surface area contributed by atoms with Crippen LogP contribution in [0.15, 0.2) is 24.3 Å². The molecule has 0 spiro atoms. The van der Waals surface area contributed by atoms with Crippen LogP contribution in [-0.2, 0) is 29.8 Å². The summed E-state index contributed by atoms with van der Waals surface area (Å²) in [4.78, 5) is 26.7. The van der Waals surface area contributed by atoms with E-state index in [4.69, 9.17) is 0 Å². The Morgan fingerprint density at radius 2 is 0.552 bits per heavy atom. The number of unbranched alkanes of at least 4 members (excludes halogenated alkanes) is 36. The van der Waals surface area contributed by atoms with Gasteiger partial charge < -0.3 is 18.9 Å². The molecule has 0 N–H and O–H groups in total. The van der Waals surface area contributed by atoms with Crippen molar-refractivity contribution in [3.05, 3.63) is 24.3 Å². The Morgan fingerprint density at radius 3 is 0.746 bits per heavy atom. The molecule has 0 aromatic rings. The number of amides is 2. The molecule has 0 rings (SSSR count). The first-order valence-corrected chi connectivity index (χ1v) is 30.6. The van der Waals surface area contributed by atoms with E-state index >= 15 is 0 Å². The molecule has 0 bridgehead atoms. The molecule has 13 heteroatoms. The third-order valence-corrected chi connectivity index (χ3v) is 14.1. The Morgan fingerprint density at radius 1 is 0.358 bits per heavy atom. The molecule has 0 radical (unpaired) electrons. The zero-order valence-electron chi connectivity index (χ0n) is 44.1. The second-order valence-electron chi connectivity index (χ2n) is 19.2. The minimum Gasteiger partial charge on any atom is -0.748 e. The van der Waals surface area contributed by atoms with Crippen LogP contribution in [0.3, 0.4) is 0 Å². The predicted octanol–water partition coefficient (Wildman–Crippen LogP) is 14.4. The zero-order chi connectivity index (χ0) is 49.3. The predicted molar refractivity (Wildman–Crippen MR) is 284 cm³/mol. The Hall–Kier alpha value is -0.500. The van der Waals surface area contributed by atoms with Crippen molar-refractivity contribution in [1.82, 2.24) is 9.80 Å². The van der Waals surface area contributed by atoms with Crippen molar-refractivity contribution in [1.29, 1.82) is 0 Å². The number of carbonyl (C=O) groups excluding carboxylic acids is 2. The smallest absolute Gasteiger partial charge is 0.748 e. The Balaban J connectivity index is -0.00000120. The molecule has 0 aromatic carbocycles. The molecule has 67 heavy (non-hydrogen) atoms. The van der Waals surface area contributed by atoms with Gasteiger partial charge in [0.2, 0.25) is 11.8 Å². The van der Waals surface area contributed by atoms with Gasteiger partial charge in [-0.2, -0.15) is 0 Å². The average Bonchev–Trinajstić information content (AvgIpc) is 3.26. The summed E-state index contributed by atoms with van der Waals surface area (Å²) in [6.07, 6.45) is 58.1. The number of nitrogens with zero attached hydrogens (tertiary/aromatic N) is 2. The summed E-state index contributed by atoms with van der Waals surface area (Å²) in [7, 11) is -5.15. The quantitative estimate of drug-likeness (QED) is 0.0252. The van der Waals surface area contributed by atoms with Gasteiger partial charge in [-0.3, -0.25) is 9.59 Å². The molecule has 2 amide bonds. The molecule has 0 aliphatic carbocycles. The average molecular weight is 1010 g/mol. The summed E-state index contributed by atoms with van der Waals surface area (Å²) in [5.41, 5.74) is 0. The van der Waals surface area contributed by atoms with Crippen molar-refractivity contribution in [3.63, 3.8) is 0 Å². The zero-order valence-corrected chi connectivity index (χ0v) is 47.9. The van der Waals surface area contributed by atoms with Gasteiger partial charge in [-0.1, -0.05) is 244 Å². The van der Waals surface area contributed by atoms with Crippen LogP contribution in [0.2, 0.25) is 0 Å². The van der Waals surface area contributed by atoms with Gasteiger partial charge >= 0.3 is 37.7 Å². The van der Waals surface area contributed by atoms with Crippen LogP contribution >= 0.6 is 0 Å². The molecule has 10 nitrogen and oxygen atoms in total. The molecular formula is C54H104CaN2O8S2. The topological polar surface area (TPSA) is 155 Å². The van der Waals surface area contributed by atoms with Crippen molar-refractivity contribution in [2.75, 3.05) is 38.7 Å². The van der Waals surface area contributed by atoms with Crippen LogP contribution in [0.1, 0.15) is 271 Å². The van der Waals surface area contributed by atoms with Crippen molar-refractivity contribution < 1.29 is 35.5 Å². The van der Waals surface area contributed by atoms with E-state index in [0.717, 1.165) is 25.7 Å². The van der Waals surface area contributed by atoms with Gasteiger partial charge in [0.05, 0.1) is 20.2 Å². The molecule has 0 aliphatic rings. The maximum Gasteiger partial charge on any atom is 2.00 e. The summed E-state index contributed by atoms with van der Waals surface area (Å²) in [6.45, 7) is 5.11. The van der Waals surface area contributed by atoms with E-state index in [1.54, 1.807) is 26.2 Å². The summed E-state index contributed by atoms with van der Waals surface area (Å²) < 4.78 is 63.5. The first kappa shape index (κ1) is 70.8. The Kier molecular flexibility index (Phi) is 56.3. The normalized spacial score (nSPS) is 11.8. The summed E-state index contributed by atoms with van der Waals surface area (Å²) in [6, 6.07) is 0. The molecule has 0 aliphatic heterocycles. The van der Waals surface area contributed by atoms with Gasteiger partial charge in [-0.15, -0.1) is 0 Å². The molecular weight excluding hydrogens is 909 g/mol. The third-order valence-electron chi connectivity index (χ3n) is 12.5. The standard InChI is InChI=1S/2C27H53NO4S.Ca/c2*1-3-4-5-6-7-8-9-10-11-12-13-14-15-16-17-18-19-20-21-22-24-27(29)28(2)25-23-26-33(30,31)32;/h2*22,24H,3-21,23,25-26H2,1-2H3,(H,30,31,32);/q;;+2/p-2/b2*24-22+;. The minimum atomic E-state index is -4.20. The van der Waals surface area contributed by atoms with Crippen LogP contribution in [0.25, 0.3) is 0 Å². The van der Waals surface area contributed by atoms with Gasteiger partial charge in [0.15, 0.2) is 0 Å². The van der Waals surface area contributed by atoms with E-state index in [1.807, 2.05) is 12.2 Å². The molecule has 0 heterocycles. The van der Waals surface area contributed by atoms with Gasteiger partial charge in [0, 0.05) is 38.7 Å². The second-order valence-corrected chi connectivity index (χ2v) is 22.2. The van der Waals surface area contributed by atoms with Gasteiger partial charge in [-0.25, -0.2) is 16.8 Å². The number of rotatable bonds is 48. The van der Waals surface area contributed by atoms with Crippen LogP contribution in [0.5, 0.6) is 0 Å². The van der Waals surface area contributed by atoms with Crippen LogP contribution in [0, 0.1) is 0 Å². The van der Waals surface area contributed by atoms with Gasteiger partial charge in [0.25, 0.3) is 0 Å². The SMILES string of the molecule is CCCCCCCCCCCCCCCCCCCC/C=C/C(=O)N(C)CCCS(=O)(=O)[O-].CCCCCCCCCCCCCCCCCCCC/C=C/C(=O)N(C)CCCS(=O)(=O)[O-].[Ca+2]. The van der Waals surface area contributed by atoms with E-state index in [-0.39, 0.29) is 75.5 Å². The maximum atomic E-state index is 11.9. The van der Waals surface area contributed by atoms with E-state index in [0.29, 0.717) is 0 Å². The third kappa shape index (κ3) is 61.6. The summed E-state index contributed by atoms with van der Waals surface area (Å²) >= 11 is 0. The fraction of sp³-hybridized carbons (Fsp3) is 0.889. The van der Waals surface area contributed by atoms with Crippen molar-refractivity contribution in [2.24, 2.45) is 0 Å². The van der Waals surface area contributed by atoms with E-state index in [9.17, 15) is 35.5 Å². The largest absolute Gasteiger partial charge is 2.00 e. The van der Waals surface area contributed by atoms with Crippen molar-refractivity contribution >= 4 is 69.8 Å². The van der Waals surface area contributed by atoms with E-state index in [2.05, 4.69) is 13.8 Å². The van der Waals surface area contributed by atoms with Gasteiger partial charge in [-0.05, 0) is 50.7 Å². The number of allylic oxidation sites excluding steroid dienone is 2. The molecule has 0 fully saturated rings. The monoisotopic (exact) mass is 1010 g/mol. The first-order chi connectivity index (χ1) is 31.7. The number of likely N-dealkylation sites (N-methyl/N-ethyl adjacent to an activating group) is 2.